The first-order valence-electron chi connectivity index (χ1n) is 4.45. The Balaban J connectivity index is 2.55. The first-order valence-corrected chi connectivity index (χ1v) is 4.45. The Kier molecular flexibility index (Phi) is 1.71. The average Bonchev–Trinajstić information content (AvgIpc) is 2.50. The van der Waals surface area contributed by atoms with Crippen molar-refractivity contribution in [2.24, 2.45) is 0 Å². The Hall–Kier alpha value is -1.12. The van der Waals surface area contributed by atoms with Gasteiger partial charge < -0.3 is 5.73 Å². The van der Waals surface area contributed by atoms with Crippen molar-refractivity contribution in [2.45, 2.75) is 32.6 Å². The molecule has 0 amide bonds. The van der Waals surface area contributed by atoms with E-state index in [1.807, 2.05) is 0 Å². The van der Waals surface area contributed by atoms with Crippen molar-refractivity contribution in [3.63, 3.8) is 0 Å². The highest BCUT2D eigenvalue weighted by Gasteiger charge is 2.16. The molecule has 1 aromatic rings. The van der Waals surface area contributed by atoms with Gasteiger partial charge in [0, 0.05) is 11.4 Å². The molecule has 0 atom stereocenters. The van der Waals surface area contributed by atoms with Crippen LogP contribution in [-0.4, -0.2) is 9.97 Å². The van der Waals surface area contributed by atoms with Crippen molar-refractivity contribution in [3.05, 3.63) is 17.0 Å². The van der Waals surface area contributed by atoms with Gasteiger partial charge in [-0.05, 0) is 31.2 Å². The molecule has 12 heavy (non-hydrogen) atoms. The number of anilines is 1. The minimum Gasteiger partial charge on any atom is -0.368 e. The molecule has 0 saturated carbocycles. The van der Waals surface area contributed by atoms with Gasteiger partial charge in [0.25, 0.3) is 0 Å². The van der Waals surface area contributed by atoms with E-state index in [0.717, 1.165) is 25.0 Å². The molecule has 0 bridgehead atoms. The summed E-state index contributed by atoms with van der Waals surface area (Å²) in [7, 11) is 0. The SMILES string of the molecule is CCc1nc(N)nc2c1CCC2. The molecule has 0 radical (unpaired) electrons. The maximum Gasteiger partial charge on any atom is 0.220 e. The van der Waals surface area contributed by atoms with Crippen LogP contribution in [0, 0.1) is 0 Å². The van der Waals surface area contributed by atoms with Gasteiger partial charge in [0.15, 0.2) is 0 Å². The summed E-state index contributed by atoms with van der Waals surface area (Å²) in [5.74, 6) is 0.438. The molecule has 0 unspecified atom stereocenters. The Morgan fingerprint density at radius 3 is 2.92 bits per heavy atom. The number of nitrogens with two attached hydrogens (primary N) is 1. The quantitative estimate of drug-likeness (QED) is 0.674. The second kappa shape index (κ2) is 2.73. The smallest absolute Gasteiger partial charge is 0.220 e. The fraction of sp³-hybridized carbons (Fsp3) is 0.556. The fourth-order valence-corrected chi connectivity index (χ4v) is 1.82. The van der Waals surface area contributed by atoms with Crippen molar-refractivity contribution in [2.75, 3.05) is 5.73 Å². The fourth-order valence-electron chi connectivity index (χ4n) is 1.82. The summed E-state index contributed by atoms with van der Waals surface area (Å²) in [6.45, 7) is 2.11. The highest BCUT2D eigenvalue weighted by molar-refractivity contribution is 5.34. The van der Waals surface area contributed by atoms with Crippen LogP contribution in [0.4, 0.5) is 5.95 Å². The van der Waals surface area contributed by atoms with Crippen LogP contribution >= 0.6 is 0 Å². The predicted octanol–water partition coefficient (Wildman–Crippen LogP) is 1.11. The molecule has 2 rings (SSSR count). The molecule has 1 aliphatic rings. The monoisotopic (exact) mass is 163 g/mol. The van der Waals surface area contributed by atoms with Gasteiger partial charge in [0.05, 0.1) is 0 Å². The van der Waals surface area contributed by atoms with Gasteiger partial charge in [-0.15, -0.1) is 0 Å². The molecule has 1 aromatic heterocycles. The lowest BCUT2D eigenvalue weighted by molar-refractivity contribution is 0.895. The Bertz CT molecular complexity index is 307. The number of aromatic nitrogens is 2. The second-order valence-corrected chi connectivity index (χ2v) is 3.16. The van der Waals surface area contributed by atoms with Gasteiger partial charge in [0.1, 0.15) is 0 Å². The number of nitrogen functional groups attached to an aromatic ring is 1. The van der Waals surface area contributed by atoms with Gasteiger partial charge in [-0.25, -0.2) is 9.97 Å². The summed E-state index contributed by atoms with van der Waals surface area (Å²) in [5.41, 5.74) is 9.27. The maximum absolute atomic E-state index is 5.58. The van der Waals surface area contributed by atoms with E-state index in [0.29, 0.717) is 5.95 Å². The molecule has 0 aromatic carbocycles. The third-order valence-electron chi connectivity index (χ3n) is 2.37. The number of rotatable bonds is 1. The summed E-state index contributed by atoms with van der Waals surface area (Å²) in [4.78, 5) is 8.46. The summed E-state index contributed by atoms with van der Waals surface area (Å²) < 4.78 is 0. The molecule has 1 heterocycles. The highest BCUT2D eigenvalue weighted by atomic mass is 15.0. The van der Waals surface area contributed by atoms with E-state index in [1.165, 1.54) is 17.7 Å². The lowest BCUT2D eigenvalue weighted by atomic mass is 10.1. The van der Waals surface area contributed by atoms with Crippen LogP contribution < -0.4 is 5.73 Å². The van der Waals surface area contributed by atoms with Crippen molar-refractivity contribution < 1.29 is 0 Å². The predicted molar refractivity (Wildman–Crippen MR) is 47.8 cm³/mol. The van der Waals surface area contributed by atoms with Crippen LogP contribution in [0.15, 0.2) is 0 Å². The average molecular weight is 163 g/mol. The van der Waals surface area contributed by atoms with Gasteiger partial charge in [-0.1, -0.05) is 6.92 Å². The van der Waals surface area contributed by atoms with Crippen molar-refractivity contribution in [1.82, 2.24) is 9.97 Å². The first-order chi connectivity index (χ1) is 5.81. The van der Waals surface area contributed by atoms with E-state index in [2.05, 4.69) is 16.9 Å². The molecule has 3 nitrogen and oxygen atoms in total. The van der Waals surface area contributed by atoms with Crippen LogP contribution in [0.25, 0.3) is 0 Å². The van der Waals surface area contributed by atoms with Crippen LogP contribution in [0.5, 0.6) is 0 Å². The molecule has 0 fully saturated rings. The van der Waals surface area contributed by atoms with Gasteiger partial charge in [0.2, 0.25) is 5.95 Å². The minimum absolute atomic E-state index is 0.438. The third kappa shape index (κ3) is 1.05. The van der Waals surface area contributed by atoms with Crippen LogP contribution in [0.3, 0.4) is 0 Å². The highest BCUT2D eigenvalue weighted by Crippen LogP contribution is 2.23. The Morgan fingerprint density at radius 2 is 2.17 bits per heavy atom. The van der Waals surface area contributed by atoms with E-state index in [9.17, 15) is 0 Å². The number of fused-ring (bicyclic) bond motifs is 1. The van der Waals surface area contributed by atoms with Gasteiger partial charge in [-0.3, -0.25) is 0 Å². The zero-order valence-corrected chi connectivity index (χ0v) is 7.30. The Labute approximate surface area is 72.0 Å². The lowest BCUT2D eigenvalue weighted by Gasteiger charge is -2.04. The molecule has 0 spiro atoms. The molecule has 1 aliphatic carbocycles. The van der Waals surface area contributed by atoms with Gasteiger partial charge in [-0.2, -0.15) is 0 Å². The molecule has 0 saturated heterocycles. The maximum atomic E-state index is 5.58. The topological polar surface area (TPSA) is 51.8 Å². The molecule has 0 aliphatic heterocycles. The zero-order chi connectivity index (χ0) is 8.55. The third-order valence-corrected chi connectivity index (χ3v) is 2.37. The molecular weight excluding hydrogens is 150 g/mol. The van der Waals surface area contributed by atoms with Crippen LogP contribution in [-0.2, 0) is 19.3 Å². The van der Waals surface area contributed by atoms with Crippen molar-refractivity contribution >= 4 is 5.95 Å². The molecule has 2 N–H and O–H groups in total. The van der Waals surface area contributed by atoms with E-state index in [4.69, 9.17) is 5.73 Å². The van der Waals surface area contributed by atoms with Gasteiger partial charge >= 0.3 is 0 Å². The second-order valence-electron chi connectivity index (χ2n) is 3.16. The summed E-state index contributed by atoms with van der Waals surface area (Å²) in [6.07, 6.45) is 4.39. The Morgan fingerprint density at radius 1 is 1.33 bits per heavy atom. The summed E-state index contributed by atoms with van der Waals surface area (Å²) in [5, 5.41) is 0. The van der Waals surface area contributed by atoms with E-state index in [1.54, 1.807) is 0 Å². The zero-order valence-electron chi connectivity index (χ0n) is 7.30. The van der Waals surface area contributed by atoms with Crippen molar-refractivity contribution in [1.29, 1.82) is 0 Å². The summed E-state index contributed by atoms with van der Waals surface area (Å²) in [6, 6.07) is 0. The standard InChI is InChI=1S/C9H13N3/c1-2-7-6-4-3-5-8(6)12-9(10)11-7/h2-5H2,1H3,(H2,10,11,12). The van der Waals surface area contributed by atoms with E-state index >= 15 is 0 Å². The molecular formula is C9H13N3. The van der Waals surface area contributed by atoms with Crippen LogP contribution in [0.1, 0.15) is 30.3 Å². The van der Waals surface area contributed by atoms with E-state index < -0.39 is 0 Å². The van der Waals surface area contributed by atoms with E-state index in [-0.39, 0.29) is 0 Å². The normalized spacial score (nSPS) is 14.8. The molecule has 64 valence electrons. The van der Waals surface area contributed by atoms with Crippen LogP contribution in [0.2, 0.25) is 0 Å². The minimum atomic E-state index is 0.438. The number of hydrogen-bond donors (Lipinski definition) is 1. The largest absolute Gasteiger partial charge is 0.368 e. The lowest BCUT2D eigenvalue weighted by Crippen LogP contribution is -2.04. The number of nitrogens with zero attached hydrogens (tertiary/aromatic N) is 2. The first kappa shape index (κ1) is 7.53. The number of aryl methyl sites for hydroxylation is 2. The van der Waals surface area contributed by atoms with Crippen molar-refractivity contribution in [3.8, 4) is 0 Å². The summed E-state index contributed by atoms with van der Waals surface area (Å²) >= 11 is 0. The molecule has 3 heteroatoms. The number of hydrogen-bond acceptors (Lipinski definition) is 3.